The maximum Gasteiger partial charge on any atom is 0.303 e. The first kappa shape index (κ1) is 23.2. The second-order valence-corrected chi connectivity index (χ2v) is 9.66. The number of unbranched alkanes of at least 4 members (excludes halogenated alkanes) is 1. The smallest absolute Gasteiger partial charge is 0.303 e. The summed E-state index contributed by atoms with van der Waals surface area (Å²) in [5.74, 6) is 0.241. The number of aliphatic hydroxyl groups is 1. The minimum absolute atomic E-state index is 0.0409. The van der Waals surface area contributed by atoms with Crippen molar-refractivity contribution in [3.05, 3.63) is 24.3 Å². The monoisotopic (exact) mass is 418 g/mol. The zero-order valence-electron chi connectivity index (χ0n) is 18.3. The second-order valence-electron chi connectivity index (χ2n) is 9.66. The zero-order chi connectivity index (χ0) is 21.6. The predicted octanol–water partition coefficient (Wildman–Crippen LogP) is 4.69. The van der Waals surface area contributed by atoms with Gasteiger partial charge in [0.25, 0.3) is 0 Å². The summed E-state index contributed by atoms with van der Waals surface area (Å²) in [5.41, 5.74) is 0.135. The van der Waals surface area contributed by atoms with Gasteiger partial charge in [0.2, 0.25) is 0 Å². The number of carbonyl (C=O) groups excluding carboxylic acids is 1. The van der Waals surface area contributed by atoms with E-state index in [4.69, 9.17) is 9.84 Å². The maximum absolute atomic E-state index is 12.5. The van der Waals surface area contributed by atoms with E-state index >= 15 is 0 Å². The predicted molar refractivity (Wildman–Crippen MR) is 116 cm³/mol. The van der Waals surface area contributed by atoms with Crippen molar-refractivity contribution in [1.82, 2.24) is 0 Å². The van der Waals surface area contributed by atoms with Gasteiger partial charge >= 0.3 is 5.97 Å². The summed E-state index contributed by atoms with van der Waals surface area (Å²) in [6.45, 7) is 0. The van der Waals surface area contributed by atoms with Crippen LogP contribution in [-0.4, -0.2) is 41.3 Å². The summed E-state index contributed by atoms with van der Waals surface area (Å²) < 4.78 is 5.59. The number of methoxy groups -OCH3 is 1. The molecule has 0 aliphatic heterocycles. The van der Waals surface area contributed by atoms with Crippen molar-refractivity contribution in [2.24, 2.45) is 23.2 Å². The number of hydrogen-bond donors (Lipinski definition) is 2. The largest absolute Gasteiger partial charge is 0.481 e. The number of allylic oxidation sites excluding steroid dienone is 2. The number of carbonyl (C=O) groups is 2. The van der Waals surface area contributed by atoms with Gasteiger partial charge in [-0.05, 0) is 56.3 Å². The summed E-state index contributed by atoms with van der Waals surface area (Å²) in [6, 6.07) is 0. The Morgan fingerprint density at radius 1 is 1.27 bits per heavy atom. The molecule has 2 unspecified atom stereocenters. The number of aliphatic hydroxyl groups excluding tert-OH is 1. The minimum atomic E-state index is -0.773. The molecule has 0 radical (unpaired) electrons. The average Bonchev–Trinajstić information content (AvgIpc) is 3.45. The van der Waals surface area contributed by atoms with Crippen LogP contribution < -0.4 is 0 Å². The Morgan fingerprint density at radius 3 is 2.63 bits per heavy atom. The van der Waals surface area contributed by atoms with Crippen molar-refractivity contribution in [2.45, 2.75) is 89.3 Å². The van der Waals surface area contributed by atoms with Crippen LogP contribution in [-0.2, 0) is 14.3 Å². The number of Topliss-reactive ketones (excluding diaryl/α,β-unsaturated/α-hetero) is 1. The number of carboxylic acids is 1. The van der Waals surface area contributed by atoms with Crippen molar-refractivity contribution in [3.8, 4) is 0 Å². The van der Waals surface area contributed by atoms with Gasteiger partial charge in [-0.15, -0.1) is 0 Å². The molecule has 5 heteroatoms. The number of ether oxygens (including phenoxy) is 1. The Labute approximate surface area is 180 Å². The standard InChI is InChI=1S/C25H38O5/c1-30-22-16-21(26)19(8-4-2-3-5-11-24(28)29)20(22)9-6-10-23(27)25(14-7-15-25)17-18-12-13-18/h2,4,6,9,18-20,22-23,27H,3,5,7-8,10-17H2,1H3,(H,28,29)/t19-,20-,22?,23?/m1/s1. The fourth-order valence-electron chi connectivity index (χ4n) is 5.29. The van der Waals surface area contributed by atoms with Gasteiger partial charge in [-0.2, -0.15) is 0 Å². The van der Waals surface area contributed by atoms with Crippen molar-refractivity contribution in [3.63, 3.8) is 0 Å². The number of ketones is 1. The third-order valence-electron chi connectivity index (χ3n) is 7.50. The number of rotatable bonds is 13. The van der Waals surface area contributed by atoms with E-state index in [1.165, 1.54) is 25.7 Å². The van der Waals surface area contributed by atoms with Crippen LogP contribution in [0.4, 0.5) is 0 Å². The van der Waals surface area contributed by atoms with Gasteiger partial charge in [0.1, 0.15) is 5.78 Å². The lowest BCUT2D eigenvalue weighted by Gasteiger charge is -2.46. The highest BCUT2D eigenvalue weighted by atomic mass is 16.5. The molecule has 5 nitrogen and oxygen atoms in total. The van der Waals surface area contributed by atoms with Crippen LogP contribution in [0.15, 0.2) is 24.3 Å². The minimum Gasteiger partial charge on any atom is -0.481 e. The SMILES string of the molecule is COC1CC(=O)[C@H](CC=CCCCC(=O)O)[C@H]1C=CCC(O)C1(CC2CC2)CCC1. The molecule has 2 N–H and O–H groups in total. The lowest BCUT2D eigenvalue weighted by Crippen LogP contribution is -2.41. The third kappa shape index (κ3) is 6.04. The molecule has 4 atom stereocenters. The molecular formula is C25H38O5. The first-order chi connectivity index (χ1) is 14.4. The third-order valence-corrected chi connectivity index (χ3v) is 7.50. The van der Waals surface area contributed by atoms with E-state index in [0.717, 1.165) is 25.2 Å². The average molecular weight is 419 g/mol. The van der Waals surface area contributed by atoms with Crippen molar-refractivity contribution < 1.29 is 24.5 Å². The zero-order valence-corrected chi connectivity index (χ0v) is 18.3. The molecular weight excluding hydrogens is 380 g/mol. The fourth-order valence-corrected chi connectivity index (χ4v) is 5.29. The van der Waals surface area contributed by atoms with Gasteiger partial charge in [0, 0.05) is 31.8 Å². The summed E-state index contributed by atoms with van der Waals surface area (Å²) in [4.78, 5) is 23.1. The molecule has 0 amide bonds. The second kappa shape index (κ2) is 10.7. The van der Waals surface area contributed by atoms with E-state index in [1.54, 1.807) is 7.11 Å². The maximum atomic E-state index is 12.5. The van der Waals surface area contributed by atoms with Crippen LogP contribution >= 0.6 is 0 Å². The summed E-state index contributed by atoms with van der Waals surface area (Å²) in [5, 5.41) is 19.6. The molecule has 0 saturated heterocycles. The van der Waals surface area contributed by atoms with Crippen LogP contribution in [0.2, 0.25) is 0 Å². The summed E-state index contributed by atoms with van der Waals surface area (Å²) in [6.07, 6.45) is 18.4. The molecule has 0 heterocycles. The van der Waals surface area contributed by atoms with Gasteiger partial charge in [-0.1, -0.05) is 43.6 Å². The molecule has 3 rings (SSSR count). The van der Waals surface area contributed by atoms with E-state index in [0.29, 0.717) is 25.7 Å². The van der Waals surface area contributed by atoms with E-state index in [1.807, 2.05) is 12.2 Å². The first-order valence-electron chi connectivity index (χ1n) is 11.7. The molecule has 0 aromatic carbocycles. The Balaban J connectivity index is 1.52. The Bertz CT molecular complexity index is 644. The van der Waals surface area contributed by atoms with E-state index in [9.17, 15) is 14.7 Å². The van der Waals surface area contributed by atoms with Gasteiger partial charge < -0.3 is 14.9 Å². The van der Waals surface area contributed by atoms with Gasteiger partial charge in [-0.25, -0.2) is 0 Å². The van der Waals surface area contributed by atoms with Crippen molar-refractivity contribution in [1.29, 1.82) is 0 Å². The molecule has 3 aliphatic carbocycles. The molecule has 3 aliphatic rings. The van der Waals surface area contributed by atoms with Crippen LogP contribution in [0.25, 0.3) is 0 Å². The summed E-state index contributed by atoms with van der Waals surface area (Å²) in [7, 11) is 1.66. The number of carboxylic acid groups (broad SMARTS) is 1. The van der Waals surface area contributed by atoms with Crippen molar-refractivity contribution >= 4 is 11.8 Å². The van der Waals surface area contributed by atoms with Crippen LogP contribution in [0.5, 0.6) is 0 Å². The van der Waals surface area contributed by atoms with E-state index in [-0.39, 0.29) is 41.7 Å². The highest BCUT2D eigenvalue weighted by molar-refractivity contribution is 5.84. The van der Waals surface area contributed by atoms with E-state index < -0.39 is 5.97 Å². The van der Waals surface area contributed by atoms with Gasteiger partial charge in [0.15, 0.2) is 0 Å². The van der Waals surface area contributed by atoms with Crippen LogP contribution in [0, 0.1) is 23.2 Å². The Hall–Kier alpha value is -1.46. The highest BCUT2D eigenvalue weighted by Crippen LogP contribution is 2.53. The lowest BCUT2D eigenvalue weighted by molar-refractivity contribution is -0.137. The quantitative estimate of drug-likeness (QED) is 0.335. The summed E-state index contributed by atoms with van der Waals surface area (Å²) >= 11 is 0. The molecule has 0 bridgehead atoms. The Kier molecular flexibility index (Phi) is 8.29. The molecule has 0 aromatic heterocycles. The lowest BCUT2D eigenvalue weighted by atomic mass is 9.61. The molecule has 30 heavy (non-hydrogen) atoms. The fraction of sp³-hybridized carbons (Fsp3) is 0.760. The topological polar surface area (TPSA) is 83.8 Å². The van der Waals surface area contributed by atoms with Gasteiger partial charge in [-0.3, -0.25) is 9.59 Å². The first-order valence-corrected chi connectivity index (χ1v) is 11.7. The molecule has 168 valence electrons. The highest BCUT2D eigenvalue weighted by Gasteiger charge is 2.46. The molecule has 3 saturated carbocycles. The van der Waals surface area contributed by atoms with Crippen LogP contribution in [0.1, 0.15) is 77.0 Å². The normalized spacial score (nSPS) is 29.5. The van der Waals surface area contributed by atoms with Crippen LogP contribution in [0.3, 0.4) is 0 Å². The Morgan fingerprint density at radius 2 is 2.03 bits per heavy atom. The van der Waals surface area contributed by atoms with Gasteiger partial charge in [0.05, 0.1) is 12.2 Å². The van der Waals surface area contributed by atoms with Crippen molar-refractivity contribution in [2.75, 3.05) is 7.11 Å². The number of aliphatic carboxylic acids is 1. The molecule has 0 spiro atoms. The number of hydrogen-bond acceptors (Lipinski definition) is 4. The molecule has 0 aromatic rings. The van der Waals surface area contributed by atoms with E-state index in [2.05, 4.69) is 12.2 Å². The molecule has 3 fully saturated rings.